The van der Waals surface area contributed by atoms with Gasteiger partial charge in [-0.3, -0.25) is 4.99 Å². The zero-order valence-electron chi connectivity index (χ0n) is 11.1. The Morgan fingerprint density at radius 1 is 1.38 bits per heavy atom. The number of nitrogens with two attached hydrogens (primary N) is 1. The lowest BCUT2D eigenvalue weighted by atomic mass is 9.98. The Labute approximate surface area is 100 Å². The summed E-state index contributed by atoms with van der Waals surface area (Å²) in [7, 11) is 0. The number of hydrogen-bond acceptors (Lipinski definition) is 1. The average molecular weight is 225 g/mol. The first kappa shape index (κ1) is 13.3. The van der Waals surface area contributed by atoms with E-state index in [1.54, 1.807) is 0 Å². The van der Waals surface area contributed by atoms with Gasteiger partial charge in [-0.15, -0.1) is 0 Å². The summed E-state index contributed by atoms with van der Waals surface area (Å²) in [5.74, 6) is 2.24. The number of guanidine groups is 1. The Morgan fingerprint density at radius 3 is 2.75 bits per heavy atom. The van der Waals surface area contributed by atoms with Crippen molar-refractivity contribution in [2.45, 2.75) is 46.5 Å². The van der Waals surface area contributed by atoms with Crippen molar-refractivity contribution in [1.82, 2.24) is 4.90 Å². The van der Waals surface area contributed by atoms with Crippen LogP contribution in [0, 0.1) is 11.8 Å². The Kier molecular flexibility index (Phi) is 5.64. The topological polar surface area (TPSA) is 41.6 Å². The van der Waals surface area contributed by atoms with E-state index in [0.717, 1.165) is 31.5 Å². The first-order valence-corrected chi connectivity index (χ1v) is 6.68. The van der Waals surface area contributed by atoms with Crippen molar-refractivity contribution in [3.8, 4) is 0 Å². The van der Waals surface area contributed by atoms with E-state index in [4.69, 9.17) is 5.73 Å². The number of rotatable bonds is 3. The lowest BCUT2D eigenvalue weighted by Crippen LogP contribution is -2.38. The van der Waals surface area contributed by atoms with Crippen molar-refractivity contribution in [3.05, 3.63) is 0 Å². The van der Waals surface area contributed by atoms with Crippen LogP contribution in [0.1, 0.15) is 46.5 Å². The van der Waals surface area contributed by atoms with Gasteiger partial charge in [0.2, 0.25) is 0 Å². The molecule has 0 aromatic heterocycles. The van der Waals surface area contributed by atoms with Gasteiger partial charge < -0.3 is 10.6 Å². The van der Waals surface area contributed by atoms with Gasteiger partial charge in [-0.2, -0.15) is 0 Å². The van der Waals surface area contributed by atoms with Gasteiger partial charge in [-0.1, -0.05) is 27.2 Å². The second-order valence-corrected chi connectivity index (χ2v) is 5.28. The number of nitrogens with zero attached hydrogens (tertiary/aromatic N) is 2. The molecule has 0 amide bonds. The summed E-state index contributed by atoms with van der Waals surface area (Å²) in [6.45, 7) is 9.66. The van der Waals surface area contributed by atoms with Crippen molar-refractivity contribution in [2.24, 2.45) is 22.6 Å². The molecule has 1 saturated heterocycles. The summed E-state index contributed by atoms with van der Waals surface area (Å²) in [5.41, 5.74) is 6.03. The minimum atomic E-state index is 0.592. The zero-order chi connectivity index (χ0) is 12.0. The molecule has 1 aliphatic heterocycles. The van der Waals surface area contributed by atoms with Crippen molar-refractivity contribution in [3.63, 3.8) is 0 Å². The standard InChI is InChI=1S/C13H27N3/c1-4-12-6-5-8-16(9-7-12)13(14)15-10-11(2)3/h11-12H,4-10H2,1-3H3,(H2,14,15). The van der Waals surface area contributed by atoms with E-state index < -0.39 is 0 Å². The van der Waals surface area contributed by atoms with Gasteiger partial charge in [-0.05, 0) is 31.1 Å². The molecule has 0 aromatic carbocycles. The molecule has 1 aliphatic rings. The molecule has 1 atom stereocenters. The SMILES string of the molecule is CCC1CCCN(C(N)=NCC(C)C)CC1. The van der Waals surface area contributed by atoms with E-state index in [0.29, 0.717) is 5.92 Å². The monoisotopic (exact) mass is 225 g/mol. The van der Waals surface area contributed by atoms with Gasteiger partial charge in [-0.25, -0.2) is 0 Å². The Hall–Kier alpha value is -0.730. The molecule has 1 rings (SSSR count). The van der Waals surface area contributed by atoms with Gasteiger partial charge in [0.1, 0.15) is 0 Å². The third kappa shape index (κ3) is 4.42. The van der Waals surface area contributed by atoms with E-state index >= 15 is 0 Å². The van der Waals surface area contributed by atoms with Crippen LogP contribution in [0.4, 0.5) is 0 Å². The first-order valence-electron chi connectivity index (χ1n) is 6.68. The highest BCUT2D eigenvalue weighted by Crippen LogP contribution is 2.19. The van der Waals surface area contributed by atoms with Crippen LogP contribution in [0.2, 0.25) is 0 Å². The van der Waals surface area contributed by atoms with Gasteiger partial charge in [0.25, 0.3) is 0 Å². The molecule has 16 heavy (non-hydrogen) atoms. The Balaban J connectivity index is 2.44. The number of aliphatic imine (C=N–C) groups is 1. The molecule has 3 heteroatoms. The van der Waals surface area contributed by atoms with Crippen LogP contribution in [-0.4, -0.2) is 30.5 Å². The minimum Gasteiger partial charge on any atom is -0.370 e. The number of hydrogen-bond donors (Lipinski definition) is 1. The minimum absolute atomic E-state index is 0.592. The highest BCUT2D eigenvalue weighted by molar-refractivity contribution is 5.78. The fraction of sp³-hybridized carbons (Fsp3) is 0.923. The fourth-order valence-corrected chi connectivity index (χ4v) is 2.18. The predicted molar refractivity (Wildman–Crippen MR) is 70.5 cm³/mol. The van der Waals surface area contributed by atoms with Crippen molar-refractivity contribution >= 4 is 5.96 Å². The first-order chi connectivity index (χ1) is 7.63. The summed E-state index contributed by atoms with van der Waals surface area (Å²) in [4.78, 5) is 6.72. The molecule has 2 N–H and O–H groups in total. The largest absolute Gasteiger partial charge is 0.370 e. The predicted octanol–water partition coefficient (Wildman–Crippen LogP) is 2.47. The Bertz CT molecular complexity index is 223. The maximum absolute atomic E-state index is 6.03. The second kappa shape index (κ2) is 6.77. The van der Waals surface area contributed by atoms with Crippen LogP contribution in [0.15, 0.2) is 4.99 Å². The van der Waals surface area contributed by atoms with Crippen molar-refractivity contribution in [2.75, 3.05) is 19.6 Å². The highest BCUT2D eigenvalue weighted by Gasteiger charge is 2.16. The molecule has 1 unspecified atom stereocenters. The molecule has 0 aromatic rings. The van der Waals surface area contributed by atoms with Gasteiger partial charge in [0.05, 0.1) is 0 Å². The van der Waals surface area contributed by atoms with Crippen molar-refractivity contribution < 1.29 is 0 Å². The van der Waals surface area contributed by atoms with Crippen LogP contribution in [0.5, 0.6) is 0 Å². The van der Waals surface area contributed by atoms with E-state index in [1.807, 2.05) is 0 Å². The fourth-order valence-electron chi connectivity index (χ4n) is 2.18. The van der Waals surface area contributed by atoms with E-state index in [9.17, 15) is 0 Å². The number of likely N-dealkylation sites (tertiary alicyclic amines) is 1. The average Bonchev–Trinajstić information content (AvgIpc) is 2.50. The van der Waals surface area contributed by atoms with Crippen LogP contribution in [0.3, 0.4) is 0 Å². The zero-order valence-corrected chi connectivity index (χ0v) is 11.1. The van der Waals surface area contributed by atoms with Crippen LogP contribution in [0.25, 0.3) is 0 Å². The molecule has 1 heterocycles. The molecule has 3 nitrogen and oxygen atoms in total. The maximum Gasteiger partial charge on any atom is 0.191 e. The third-order valence-corrected chi connectivity index (χ3v) is 3.37. The lowest BCUT2D eigenvalue weighted by molar-refractivity contribution is 0.407. The molecule has 1 fully saturated rings. The van der Waals surface area contributed by atoms with E-state index in [-0.39, 0.29) is 0 Å². The Morgan fingerprint density at radius 2 is 2.12 bits per heavy atom. The van der Waals surface area contributed by atoms with Gasteiger partial charge >= 0.3 is 0 Å². The quantitative estimate of drug-likeness (QED) is 0.592. The summed E-state index contributed by atoms with van der Waals surface area (Å²) >= 11 is 0. The van der Waals surface area contributed by atoms with Crippen LogP contribution < -0.4 is 5.73 Å². The molecule has 94 valence electrons. The summed E-state index contributed by atoms with van der Waals surface area (Å²) in [6.07, 6.45) is 5.19. The molecular formula is C13H27N3. The van der Waals surface area contributed by atoms with E-state index in [2.05, 4.69) is 30.7 Å². The third-order valence-electron chi connectivity index (χ3n) is 3.37. The van der Waals surface area contributed by atoms with Gasteiger partial charge in [0.15, 0.2) is 5.96 Å². The second-order valence-electron chi connectivity index (χ2n) is 5.28. The van der Waals surface area contributed by atoms with Crippen LogP contribution in [-0.2, 0) is 0 Å². The molecule has 0 saturated carbocycles. The molecule has 0 aliphatic carbocycles. The smallest absolute Gasteiger partial charge is 0.191 e. The van der Waals surface area contributed by atoms with Crippen LogP contribution >= 0.6 is 0 Å². The molecule has 0 radical (unpaired) electrons. The molecule has 0 spiro atoms. The summed E-state index contributed by atoms with van der Waals surface area (Å²) in [5, 5.41) is 0. The molecular weight excluding hydrogens is 198 g/mol. The molecule has 0 bridgehead atoms. The summed E-state index contributed by atoms with van der Waals surface area (Å²) < 4.78 is 0. The highest BCUT2D eigenvalue weighted by atomic mass is 15.2. The normalized spacial score (nSPS) is 23.6. The van der Waals surface area contributed by atoms with E-state index in [1.165, 1.54) is 25.7 Å². The van der Waals surface area contributed by atoms with Crippen molar-refractivity contribution in [1.29, 1.82) is 0 Å². The van der Waals surface area contributed by atoms with Gasteiger partial charge in [0, 0.05) is 19.6 Å². The lowest BCUT2D eigenvalue weighted by Gasteiger charge is -2.21. The summed E-state index contributed by atoms with van der Waals surface area (Å²) in [6, 6.07) is 0. The maximum atomic E-state index is 6.03.